The Balaban J connectivity index is 1.68. The summed E-state index contributed by atoms with van der Waals surface area (Å²) in [4.78, 5) is 14.1. The van der Waals surface area contributed by atoms with Crippen LogP contribution in [0.3, 0.4) is 0 Å². The molecule has 2 heterocycles. The zero-order chi connectivity index (χ0) is 18.0. The highest BCUT2D eigenvalue weighted by atomic mass is 19.4. The summed E-state index contributed by atoms with van der Waals surface area (Å²) in [5, 5.41) is 0. The number of hydrogen-bond acceptors (Lipinski definition) is 3. The minimum atomic E-state index is -4.37. The molecule has 0 N–H and O–H groups in total. The Hall–Kier alpha value is -2.28. The van der Waals surface area contributed by atoms with Crippen molar-refractivity contribution in [2.24, 2.45) is 0 Å². The molecule has 134 valence electrons. The fraction of sp³-hybridized carbons (Fsp3) is 0.389. The molecule has 0 aliphatic carbocycles. The molecule has 0 radical (unpaired) electrons. The van der Waals surface area contributed by atoms with Crippen LogP contribution in [-0.2, 0) is 17.3 Å². The average molecular weight is 353 g/mol. The Kier molecular flexibility index (Phi) is 4.85. The quantitative estimate of drug-likeness (QED) is 0.845. The van der Waals surface area contributed by atoms with Gasteiger partial charge in [0.25, 0.3) is 5.91 Å². The van der Waals surface area contributed by atoms with Gasteiger partial charge >= 0.3 is 6.18 Å². The van der Waals surface area contributed by atoms with Crippen LogP contribution in [0.15, 0.2) is 41.0 Å². The van der Waals surface area contributed by atoms with Crippen molar-refractivity contribution >= 4 is 5.91 Å². The van der Waals surface area contributed by atoms with Crippen LogP contribution in [-0.4, -0.2) is 36.6 Å². The highest BCUT2D eigenvalue weighted by molar-refractivity contribution is 5.92. The van der Waals surface area contributed by atoms with Crippen LogP contribution in [0.5, 0.6) is 0 Å². The number of morpholine rings is 1. The van der Waals surface area contributed by atoms with Crippen LogP contribution in [0.1, 0.15) is 27.2 Å². The second-order valence-electron chi connectivity index (χ2n) is 6.08. The molecular formula is C18H18F3NO3. The highest BCUT2D eigenvalue weighted by Crippen LogP contribution is 2.30. The number of hydrogen-bond donors (Lipinski definition) is 0. The van der Waals surface area contributed by atoms with Gasteiger partial charge in [0.05, 0.1) is 24.5 Å². The van der Waals surface area contributed by atoms with Crippen molar-refractivity contribution in [2.75, 3.05) is 19.7 Å². The molecule has 0 spiro atoms. The summed E-state index contributed by atoms with van der Waals surface area (Å²) in [6.07, 6.45) is -2.95. The number of furan rings is 1. The van der Waals surface area contributed by atoms with E-state index in [9.17, 15) is 18.0 Å². The van der Waals surface area contributed by atoms with Gasteiger partial charge in [-0.3, -0.25) is 4.79 Å². The molecule has 1 aliphatic heterocycles. The van der Waals surface area contributed by atoms with Gasteiger partial charge in [0.2, 0.25) is 0 Å². The first-order valence-electron chi connectivity index (χ1n) is 7.95. The zero-order valence-electron chi connectivity index (χ0n) is 13.7. The fourth-order valence-electron chi connectivity index (χ4n) is 2.90. The van der Waals surface area contributed by atoms with E-state index in [1.807, 2.05) is 0 Å². The van der Waals surface area contributed by atoms with Gasteiger partial charge in [-0.1, -0.05) is 18.2 Å². The van der Waals surface area contributed by atoms with Gasteiger partial charge in [0, 0.05) is 25.1 Å². The largest absolute Gasteiger partial charge is 0.459 e. The van der Waals surface area contributed by atoms with Crippen molar-refractivity contribution in [1.82, 2.24) is 4.90 Å². The molecule has 0 saturated carbocycles. The SMILES string of the molecule is Cc1ccoc1C(=O)N1CCO[C@@H](Cc2cccc(C(F)(F)F)c2)C1. The lowest BCUT2D eigenvalue weighted by molar-refractivity contribution is -0.137. The van der Waals surface area contributed by atoms with Crippen molar-refractivity contribution < 1.29 is 27.1 Å². The molecule has 2 aromatic rings. The molecule has 1 atom stereocenters. The van der Waals surface area contributed by atoms with Gasteiger partial charge in [0.15, 0.2) is 5.76 Å². The Morgan fingerprint density at radius 2 is 2.12 bits per heavy atom. The summed E-state index contributed by atoms with van der Waals surface area (Å²) in [6.45, 7) is 2.87. The molecular weight excluding hydrogens is 335 g/mol. The summed E-state index contributed by atoms with van der Waals surface area (Å²) in [5.74, 6) is 0.0690. The third-order valence-corrected chi connectivity index (χ3v) is 4.20. The minimum absolute atomic E-state index is 0.222. The standard InChI is InChI=1S/C18H18F3NO3/c1-12-5-7-25-16(12)17(23)22-6-8-24-15(11-22)10-13-3-2-4-14(9-13)18(19,20)21/h2-5,7,9,15H,6,8,10-11H2,1H3/t15-/m0/s1. The molecule has 1 amide bonds. The number of nitrogens with zero attached hydrogens (tertiary/aromatic N) is 1. The molecule has 0 unspecified atom stereocenters. The lowest BCUT2D eigenvalue weighted by Gasteiger charge is -2.32. The van der Waals surface area contributed by atoms with E-state index in [4.69, 9.17) is 9.15 Å². The number of carbonyl (C=O) groups excluding carboxylic acids is 1. The minimum Gasteiger partial charge on any atom is -0.459 e. The number of ether oxygens (including phenoxy) is 1. The Bertz CT molecular complexity index is 754. The molecule has 0 bridgehead atoms. The first-order valence-corrected chi connectivity index (χ1v) is 7.95. The van der Waals surface area contributed by atoms with E-state index < -0.39 is 11.7 Å². The van der Waals surface area contributed by atoms with Crippen molar-refractivity contribution in [3.63, 3.8) is 0 Å². The number of aryl methyl sites for hydroxylation is 1. The van der Waals surface area contributed by atoms with E-state index in [0.29, 0.717) is 37.4 Å². The second kappa shape index (κ2) is 6.92. The summed E-state index contributed by atoms with van der Waals surface area (Å²) < 4.78 is 49.3. The molecule has 4 nitrogen and oxygen atoms in total. The van der Waals surface area contributed by atoms with Crippen LogP contribution in [0.4, 0.5) is 13.2 Å². The normalized spacial score (nSPS) is 18.4. The van der Waals surface area contributed by atoms with Gasteiger partial charge in [-0.2, -0.15) is 13.2 Å². The first kappa shape index (κ1) is 17.5. The zero-order valence-corrected chi connectivity index (χ0v) is 13.7. The summed E-state index contributed by atoms with van der Waals surface area (Å²) >= 11 is 0. The van der Waals surface area contributed by atoms with E-state index in [1.54, 1.807) is 24.0 Å². The monoisotopic (exact) mass is 353 g/mol. The molecule has 3 rings (SSSR count). The summed E-state index contributed by atoms with van der Waals surface area (Å²) in [7, 11) is 0. The predicted octanol–water partition coefficient (Wildman–Crippen LogP) is 3.69. The predicted molar refractivity (Wildman–Crippen MR) is 84.2 cm³/mol. The molecule has 7 heteroatoms. The number of alkyl halides is 3. The molecule has 25 heavy (non-hydrogen) atoms. The molecule has 1 aromatic heterocycles. The maximum atomic E-state index is 12.8. The Labute approximate surface area is 143 Å². The van der Waals surface area contributed by atoms with E-state index in [0.717, 1.165) is 17.7 Å². The van der Waals surface area contributed by atoms with Gasteiger partial charge in [-0.05, 0) is 24.6 Å². The van der Waals surface area contributed by atoms with Crippen LogP contribution < -0.4 is 0 Å². The number of benzene rings is 1. The van der Waals surface area contributed by atoms with E-state index in [1.165, 1.54) is 12.3 Å². The number of amides is 1. The van der Waals surface area contributed by atoms with Gasteiger partial charge in [0.1, 0.15) is 0 Å². The second-order valence-corrected chi connectivity index (χ2v) is 6.08. The third kappa shape index (κ3) is 4.04. The Morgan fingerprint density at radius 1 is 1.32 bits per heavy atom. The maximum absolute atomic E-state index is 12.8. The van der Waals surface area contributed by atoms with Gasteiger partial charge < -0.3 is 14.1 Å². The number of halogens is 3. The van der Waals surface area contributed by atoms with Gasteiger partial charge in [-0.15, -0.1) is 0 Å². The van der Waals surface area contributed by atoms with Crippen molar-refractivity contribution in [3.05, 3.63) is 59.0 Å². The smallest absolute Gasteiger partial charge is 0.416 e. The van der Waals surface area contributed by atoms with Crippen LogP contribution in [0.25, 0.3) is 0 Å². The Morgan fingerprint density at radius 3 is 2.80 bits per heavy atom. The van der Waals surface area contributed by atoms with Crippen molar-refractivity contribution in [2.45, 2.75) is 25.6 Å². The van der Waals surface area contributed by atoms with E-state index in [-0.39, 0.29) is 12.0 Å². The molecule has 1 saturated heterocycles. The molecule has 1 aliphatic rings. The van der Waals surface area contributed by atoms with Gasteiger partial charge in [-0.25, -0.2) is 0 Å². The third-order valence-electron chi connectivity index (χ3n) is 4.20. The van der Waals surface area contributed by atoms with E-state index in [2.05, 4.69) is 0 Å². The highest BCUT2D eigenvalue weighted by Gasteiger charge is 2.31. The van der Waals surface area contributed by atoms with Crippen LogP contribution in [0.2, 0.25) is 0 Å². The maximum Gasteiger partial charge on any atom is 0.416 e. The van der Waals surface area contributed by atoms with E-state index >= 15 is 0 Å². The van der Waals surface area contributed by atoms with Crippen molar-refractivity contribution in [1.29, 1.82) is 0 Å². The summed E-state index contributed by atoms with van der Waals surface area (Å²) in [6, 6.07) is 6.90. The molecule has 1 fully saturated rings. The number of rotatable bonds is 3. The first-order chi connectivity index (χ1) is 11.8. The lowest BCUT2D eigenvalue weighted by Crippen LogP contribution is -2.46. The number of carbonyl (C=O) groups is 1. The van der Waals surface area contributed by atoms with Crippen LogP contribution in [0, 0.1) is 6.92 Å². The fourth-order valence-corrected chi connectivity index (χ4v) is 2.90. The average Bonchev–Trinajstić information content (AvgIpc) is 3.00. The lowest BCUT2D eigenvalue weighted by atomic mass is 10.0. The summed E-state index contributed by atoms with van der Waals surface area (Å²) in [5.41, 5.74) is 0.606. The molecule has 1 aromatic carbocycles. The van der Waals surface area contributed by atoms with Crippen molar-refractivity contribution in [3.8, 4) is 0 Å². The van der Waals surface area contributed by atoms with Crippen LogP contribution >= 0.6 is 0 Å². The topological polar surface area (TPSA) is 42.7 Å².